The lowest BCUT2D eigenvalue weighted by molar-refractivity contribution is -0.149. The molecule has 0 saturated carbocycles. The summed E-state index contributed by atoms with van der Waals surface area (Å²) in [5, 5.41) is 3.65. The summed E-state index contributed by atoms with van der Waals surface area (Å²) in [5.41, 5.74) is 0.208. The first-order chi connectivity index (χ1) is 14.0. The zero-order valence-corrected chi connectivity index (χ0v) is 15.9. The minimum atomic E-state index is -1.17. The van der Waals surface area contributed by atoms with Crippen LogP contribution in [-0.2, 0) is 26.5 Å². The predicted molar refractivity (Wildman–Crippen MR) is 105 cm³/mol. The second-order valence-corrected chi connectivity index (χ2v) is 6.86. The maximum atomic E-state index is 13.0. The molecule has 3 amide bonds. The number of para-hydroxylation sites is 1. The van der Waals surface area contributed by atoms with E-state index in [1.54, 1.807) is 30.3 Å². The van der Waals surface area contributed by atoms with Crippen LogP contribution in [0.15, 0.2) is 65.1 Å². The van der Waals surface area contributed by atoms with Crippen molar-refractivity contribution in [3.8, 4) is 0 Å². The van der Waals surface area contributed by atoms with E-state index < -0.39 is 30.0 Å². The first-order valence-electron chi connectivity index (χ1n) is 9.36. The number of nitrogens with one attached hydrogen (secondary N) is 1. The van der Waals surface area contributed by atoms with Crippen molar-refractivity contribution in [2.45, 2.75) is 25.5 Å². The fourth-order valence-electron chi connectivity index (χ4n) is 3.57. The number of furan rings is 1. The van der Waals surface area contributed by atoms with Gasteiger partial charge in [0.2, 0.25) is 0 Å². The molecule has 7 heteroatoms. The Hall–Kier alpha value is -3.61. The molecule has 148 valence electrons. The molecule has 3 aromatic rings. The summed E-state index contributed by atoms with van der Waals surface area (Å²) >= 11 is 0. The van der Waals surface area contributed by atoms with E-state index >= 15 is 0 Å². The van der Waals surface area contributed by atoms with Gasteiger partial charge < -0.3 is 14.5 Å². The molecular formula is C22H20N2O5. The molecule has 1 fully saturated rings. The fraction of sp³-hybridized carbons (Fsp3) is 0.227. The van der Waals surface area contributed by atoms with Gasteiger partial charge in [0.05, 0.1) is 0 Å². The summed E-state index contributed by atoms with van der Waals surface area (Å²) in [6.07, 6.45) is 0.367. The smallest absolute Gasteiger partial charge is 0.326 e. The van der Waals surface area contributed by atoms with Crippen LogP contribution in [-0.4, -0.2) is 29.4 Å². The molecule has 29 heavy (non-hydrogen) atoms. The van der Waals surface area contributed by atoms with Crippen LogP contribution in [0.3, 0.4) is 0 Å². The number of benzene rings is 2. The van der Waals surface area contributed by atoms with Crippen LogP contribution in [0.2, 0.25) is 0 Å². The topological polar surface area (TPSA) is 88.8 Å². The minimum Gasteiger partial charge on any atom is -0.457 e. The van der Waals surface area contributed by atoms with E-state index in [1.165, 1.54) is 0 Å². The number of carbonyl (C=O) groups excluding carboxylic acids is 3. The second-order valence-electron chi connectivity index (χ2n) is 6.86. The predicted octanol–water partition coefficient (Wildman–Crippen LogP) is 3.33. The molecule has 1 unspecified atom stereocenters. The molecule has 1 aliphatic heterocycles. The lowest BCUT2D eigenvalue weighted by Crippen LogP contribution is -2.43. The highest BCUT2D eigenvalue weighted by atomic mass is 16.5. The molecule has 0 spiro atoms. The molecule has 0 bridgehead atoms. The summed E-state index contributed by atoms with van der Waals surface area (Å²) in [6.45, 7) is 1.28. The van der Waals surface area contributed by atoms with E-state index in [0.717, 1.165) is 10.3 Å². The maximum absolute atomic E-state index is 13.0. The summed E-state index contributed by atoms with van der Waals surface area (Å²) in [5.74, 6) is -0.658. The van der Waals surface area contributed by atoms with Crippen LogP contribution in [0.1, 0.15) is 24.7 Å². The number of hydrogen-bond donors (Lipinski definition) is 1. The molecule has 1 saturated heterocycles. The van der Waals surface area contributed by atoms with E-state index in [-0.39, 0.29) is 6.61 Å². The van der Waals surface area contributed by atoms with Gasteiger partial charge in [-0.05, 0) is 24.1 Å². The number of fused-ring (bicyclic) bond motifs is 1. The summed E-state index contributed by atoms with van der Waals surface area (Å²) in [4.78, 5) is 38.6. The van der Waals surface area contributed by atoms with Gasteiger partial charge in [-0.3, -0.25) is 14.5 Å². The number of carbonyl (C=O) groups is 3. The highest BCUT2D eigenvalue weighted by Gasteiger charge is 2.51. The molecule has 7 nitrogen and oxygen atoms in total. The number of urea groups is 1. The van der Waals surface area contributed by atoms with Crippen molar-refractivity contribution in [3.05, 3.63) is 72.0 Å². The zero-order chi connectivity index (χ0) is 20.4. The molecule has 1 N–H and O–H groups in total. The monoisotopic (exact) mass is 392 g/mol. The van der Waals surface area contributed by atoms with Gasteiger partial charge in [-0.2, -0.15) is 0 Å². The van der Waals surface area contributed by atoms with Crippen molar-refractivity contribution < 1.29 is 23.5 Å². The van der Waals surface area contributed by atoms with Crippen LogP contribution >= 0.6 is 0 Å². The average Bonchev–Trinajstić information content (AvgIpc) is 3.27. The Morgan fingerprint density at radius 1 is 1.10 bits per heavy atom. The molecule has 1 aliphatic rings. The van der Waals surface area contributed by atoms with Crippen molar-refractivity contribution in [1.29, 1.82) is 0 Å². The number of rotatable bonds is 6. The Kier molecular flexibility index (Phi) is 4.80. The first kappa shape index (κ1) is 18.7. The van der Waals surface area contributed by atoms with Crippen LogP contribution in [0.25, 0.3) is 11.0 Å². The summed E-state index contributed by atoms with van der Waals surface area (Å²) in [7, 11) is 0. The first-order valence-corrected chi connectivity index (χ1v) is 9.36. The minimum absolute atomic E-state index is 0.0746. The molecular weight excluding hydrogens is 372 g/mol. The molecule has 2 heterocycles. The van der Waals surface area contributed by atoms with Gasteiger partial charge in [0.25, 0.3) is 5.91 Å². The van der Waals surface area contributed by atoms with Crippen LogP contribution in [0.5, 0.6) is 0 Å². The van der Waals surface area contributed by atoms with Gasteiger partial charge in [-0.1, -0.05) is 55.5 Å². The summed E-state index contributed by atoms with van der Waals surface area (Å²) in [6, 6.07) is 17.6. The van der Waals surface area contributed by atoms with Gasteiger partial charge in [-0.25, -0.2) is 4.79 Å². The van der Waals surface area contributed by atoms with Crippen LogP contribution in [0, 0.1) is 0 Å². The Bertz CT molecular complexity index is 1040. The fourth-order valence-corrected chi connectivity index (χ4v) is 3.57. The van der Waals surface area contributed by atoms with Crippen molar-refractivity contribution >= 4 is 28.9 Å². The number of nitrogens with zero attached hydrogens (tertiary/aromatic N) is 1. The van der Waals surface area contributed by atoms with Gasteiger partial charge >= 0.3 is 12.0 Å². The van der Waals surface area contributed by atoms with Crippen molar-refractivity contribution in [1.82, 2.24) is 10.2 Å². The van der Waals surface area contributed by atoms with Gasteiger partial charge in [0.15, 0.2) is 0 Å². The molecule has 0 radical (unpaired) electrons. The average molecular weight is 392 g/mol. The standard InChI is InChI=1S/C22H20N2O5/c1-2-22(16-9-4-3-5-10-16)20(26)24(21(27)23-22)13-19(25)28-14-17-12-15-8-6-7-11-18(15)29-17/h3-12H,2,13-14H2,1H3,(H,23,27). The molecule has 1 aromatic heterocycles. The van der Waals surface area contributed by atoms with Crippen LogP contribution < -0.4 is 5.32 Å². The van der Waals surface area contributed by atoms with E-state index in [1.807, 2.05) is 37.3 Å². The maximum Gasteiger partial charge on any atom is 0.326 e. The number of imide groups is 1. The van der Waals surface area contributed by atoms with Gasteiger partial charge in [-0.15, -0.1) is 0 Å². The van der Waals surface area contributed by atoms with Gasteiger partial charge in [0, 0.05) is 5.39 Å². The molecule has 0 aliphatic carbocycles. The second kappa shape index (κ2) is 7.43. The number of hydrogen-bond acceptors (Lipinski definition) is 5. The molecule has 2 aromatic carbocycles. The third-order valence-corrected chi connectivity index (χ3v) is 5.11. The SMILES string of the molecule is CCC1(c2ccccc2)NC(=O)N(CC(=O)OCc2cc3ccccc3o2)C1=O. The van der Waals surface area contributed by atoms with Crippen molar-refractivity contribution in [2.24, 2.45) is 0 Å². The third kappa shape index (κ3) is 3.35. The van der Waals surface area contributed by atoms with Crippen molar-refractivity contribution in [2.75, 3.05) is 6.54 Å². The third-order valence-electron chi connectivity index (χ3n) is 5.11. The highest BCUT2D eigenvalue weighted by Crippen LogP contribution is 2.32. The van der Waals surface area contributed by atoms with Gasteiger partial charge in [0.1, 0.15) is 30.0 Å². The Morgan fingerprint density at radius 3 is 2.55 bits per heavy atom. The Balaban J connectivity index is 1.44. The Labute approximate surface area is 167 Å². The number of amides is 3. The number of ether oxygens (including phenoxy) is 1. The van der Waals surface area contributed by atoms with E-state index in [2.05, 4.69) is 5.32 Å². The largest absolute Gasteiger partial charge is 0.457 e. The normalized spacial score (nSPS) is 18.9. The summed E-state index contributed by atoms with van der Waals surface area (Å²) < 4.78 is 10.8. The van der Waals surface area contributed by atoms with E-state index in [4.69, 9.17) is 9.15 Å². The molecule has 4 rings (SSSR count). The van der Waals surface area contributed by atoms with E-state index in [0.29, 0.717) is 23.3 Å². The van der Waals surface area contributed by atoms with E-state index in [9.17, 15) is 14.4 Å². The van der Waals surface area contributed by atoms with Crippen LogP contribution in [0.4, 0.5) is 4.79 Å². The lowest BCUT2D eigenvalue weighted by Gasteiger charge is -2.25. The number of esters is 1. The Morgan fingerprint density at radius 2 is 1.83 bits per heavy atom. The highest BCUT2D eigenvalue weighted by molar-refractivity contribution is 6.09. The quantitative estimate of drug-likeness (QED) is 0.513. The zero-order valence-electron chi connectivity index (χ0n) is 15.9. The lowest BCUT2D eigenvalue weighted by atomic mass is 9.87. The molecule has 1 atom stereocenters. The van der Waals surface area contributed by atoms with Crippen molar-refractivity contribution in [3.63, 3.8) is 0 Å².